The average Bonchev–Trinajstić information content (AvgIpc) is 2.56. The van der Waals surface area contributed by atoms with Gasteiger partial charge in [-0.25, -0.2) is 0 Å². The van der Waals surface area contributed by atoms with Crippen LogP contribution in [0.4, 0.5) is 0 Å². The Kier molecular flexibility index (Phi) is 4.46. The Bertz CT molecular complexity index is 712. The van der Waals surface area contributed by atoms with Crippen LogP contribution in [0.2, 0.25) is 0 Å². The molecule has 1 atom stereocenters. The summed E-state index contributed by atoms with van der Waals surface area (Å²) in [5, 5.41) is 28.2. The third-order valence-corrected chi connectivity index (χ3v) is 3.16. The Hall–Kier alpha value is -2.95. The zero-order valence-corrected chi connectivity index (χ0v) is 11.1. The van der Waals surface area contributed by atoms with Crippen molar-refractivity contribution in [3.05, 3.63) is 71.3 Å². The summed E-state index contributed by atoms with van der Waals surface area (Å²) in [4.78, 5) is 12.4. The van der Waals surface area contributed by atoms with Crippen LogP contribution >= 0.6 is 0 Å². The van der Waals surface area contributed by atoms with Crippen molar-refractivity contribution < 1.29 is 9.90 Å². The maximum absolute atomic E-state index is 12.4. The fourth-order valence-corrected chi connectivity index (χ4v) is 2.08. The molecule has 0 saturated carbocycles. The summed E-state index contributed by atoms with van der Waals surface area (Å²) in [5.74, 6) is -1.56. The van der Waals surface area contributed by atoms with Crippen molar-refractivity contribution in [2.24, 2.45) is 0 Å². The average molecular weight is 276 g/mol. The molecule has 1 N–H and O–H groups in total. The summed E-state index contributed by atoms with van der Waals surface area (Å²) in [6.07, 6.45) is -1.31. The van der Waals surface area contributed by atoms with Gasteiger partial charge in [-0.05, 0) is 11.1 Å². The van der Waals surface area contributed by atoms with E-state index in [9.17, 15) is 9.90 Å². The van der Waals surface area contributed by atoms with E-state index in [-0.39, 0.29) is 5.56 Å². The summed E-state index contributed by atoms with van der Waals surface area (Å²) in [5.41, 5.74) is 0.993. The minimum absolute atomic E-state index is 0.196. The molecule has 1 unspecified atom stereocenters. The lowest BCUT2D eigenvalue weighted by Gasteiger charge is -2.13. The van der Waals surface area contributed by atoms with Gasteiger partial charge in [-0.15, -0.1) is 0 Å². The number of Topliss-reactive ketones (excluding diaryl/α,β-unsaturated/α-hetero) is 1. The molecule has 0 bridgehead atoms. The standard InChI is InChI=1S/C17H12N2O2/c18-10-13(11-19)14-8-4-5-9-15(14)17(21)16(20)12-6-2-1-3-7-12/h1-9,13,16,20H. The van der Waals surface area contributed by atoms with Gasteiger partial charge in [-0.1, -0.05) is 54.6 Å². The number of carbonyl (C=O) groups excluding carboxylic acids is 1. The molecule has 0 aliphatic rings. The highest BCUT2D eigenvalue weighted by molar-refractivity contribution is 6.01. The fourth-order valence-electron chi connectivity index (χ4n) is 2.08. The zero-order chi connectivity index (χ0) is 15.2. The smallest absolute Gasteiger partial charge is 0.196 e. The normalized spacial score (nSPS) is 11.4. The molecule has 2 aromatic rings. The molecule has 2 rings (SSSR count). The number of benzene rings is 2. The van der Waals surface area contributed by atoms with Crippen LogP contribution in [-0.2, 0) is 0 Å². The summed E-state index contributed by atoms with van der Waals surface area (Å²) in [7, 11) is 0. The lowest BCUT2D eigenvalue weighted by molar-refractivity contribution is 0.0746. The predicted molar refractivity (Wildman–Crippen MR) is 76.1 cm³/mol. The Balaban J connectivity index is 2.41. The van der Waals surface area contributed by atoms with Crippen molar-refractivity contribution in [2.45, 2.75) is 12.0 Å². The molecule has 0 aliphatic heterocycles. The lowest BCUT2D eigenvalue weighted by Crippen LogP contribution is -2.15. The molecule has 0 spiro atoms. The van der Waals surface area contributed by atoms with Gasteiger partial charge in [0.05, 0.1) is 12.1 Å². The van der Waals surface area contributed by atoms with E-state index in [4.69, 9.17) is 10.5 Å². The van der Waals surface area contributed by atoms with Crippen LogP contribution in [0.5, 0.6) is 0 Å². The topological polar surface area (TPSA) is 84.9 Å². The second-order valence-electron chi connectivity index (χ2n) is 4.46. The van der Waals surface area contributed by atoms with Crippen molar-refractivity contribution in [3.63, 3.8) is 0 Å². The van der Waals surface area contributed by atoms with Gasteiger partial charge in [0, 0.05) is 5.56 Å². The van der Waals surface area contributed by atoms with Crippen molar-refractivity contribution in [1.29, 1.82) is 10.5 Å². The number of carbonyl (C=O) groups is 1. The van der Waals surface area contributed by atoms with E-state index < -0.39 is 17.8 Å². The zero-order valence-electron chi connectivity index (χ0n) is 11.1. The van der Waals surface area contributed by atoms with Crippen LogP contribution in [0.25, 0.3) is 0 Å². The van der Waals surface area contributed by atoms with E-state index in [2.05, 4.69) is 0 Å². The summed E-state index contributed by atoms with van der Waals surface area (Å²) in [6, 6.07) is 18.6. The first-order valence-electron chi connectivity index (χ1n) is 6.34. The van der Waals surface area contributed by atoms with Crippen LogP contribution in [-0.4, -0.2) is 10.9 Å². The van der Waals surface area contributed by atoms with Crippen LogP contribution in [0.15, 0.2) is 54.6 Å². The number of nitriles is 2. The number of hydrogen-bond acceptors (Lipinski definition) is 4. The van der Waals surface area contributed by atoms with Gasteiger partial charge in [0.15, 0.2) is 11.7 Å². The van der Waals surface area contributed by atoms with Crippen LogP contribution < -0.4 is 0 Å². The molecule has 4 heteroatoms. The molecule has 0 amide bonds. The van der Waals surface area contributed by atoms with Crippen LogP contribution in [0.1, 0.15) is 33.5 Å². The molecular weight excluding hydrogens is 264 g/mol. The first kappa shape index (κ1) is 14.5. The number of aliphatic hydroxyl groups excluding tert-OH is 1. The van der Waals surface area contributed by atoms with Gasteiger partial charge in [0.2, 0.25) is 0 Å². The maximum Gasteiger partial charge on any atom is 0.196 e. The number of hydrogen-bond donors (Lipinski definition) is 1. The van der Waals surface area contributed by atoms with Crippen molar-refractivity contribution in [2.75, 3.05) is 0 Å². The van der Waals surface area contributed by atoms with Gasteiger partial charge < -0.3 is 5.11 Å². The van der Waals surface area contributed by atoms with E-state index in [1.807, 2.05) is 12.1 Å². The number of ketones is 1. The van der Waals surface area contributed by atoms with Crippen LogP contribution in [0.3, 0.4) is 0 Å². The Morgan fingerprint density at radius 1 is 0.952 bits per heavy atom. The summed E-state index contributed by atoms with van der Waals surface area (Å²) in [6.45, 7) is 0. The van der Waals surface area contributed by atoms with Gasteiger partial charge in [0.25, 0.3) is 0 Å². The maximum atomic E-state index is 12.4. The first-order valence-corrected chi connectivity index (χ1v) is 6.34. The third kappa shape index (κ3) is 2.97. The molecule has 21 heavy (non-hydrogen) atoms. The Morgan fingerprint density at radius 2 is 1.52 bits per heavy atom. The predicted octanol–water partition coefficient (Wildman–Crippen LogP) is 2.73. The highest BCUT2D eigenvalue weighted by atomic mass is 16.3. The van der Waals surface area contributed by atoms with Gasteiger partial charge in [-0.3, -0.25) is 4.79 Å². The van der Waals surface area contributed by atoms with E-state index in [1.165, 1.54) is 6.07 Å². The minimum Gasteiger partial charge on any atom is -0.380 e. The van der Waals surface area contributed by atoms with E-state index in [0.29, 0.717) is 11.1 Å². The molecular formula is C17H12N2O2. The largest absolute Gasteiger partial charge is 0.380 e. The molecule has 0 radical (unpaired) electrons. The van der Waals surface area contributed by atoms with Gasteiger partial charge >= 0.3 is 0 Å². The second-order valence-corrected chi connectivity index (χ2v) is 4.46. The quantitative estimate of drug-likeness (QED) is 0.870. The molecule has 0 fully saturated rings. The molecule has 0 heterocycles. The van der Waals surface area contributed by atoms with E-state index >= 15 is 0 Å². The van der Waals surface area contributed by atoms with Crippen molar-refractivity contribution >= 4 is 5.78 Å². The number of aliphatic hydroxyl groups is 1. The van der Waals surface area contributed by atoms with Crippen molar-refractivity contribution in [3.8, 4) is 12.1 Å². The Labute approximate surface area is 122 Å². The monoisotopic (exact) mass is 276 g/mol. The fraction of sp³-hybridized carbons (Fsp3) is 0.118. The van der Waals surface area contributed by atoms with Gasteiger partial charge in [0.1, 0.15) is 6.10 Å². The minimum atomic E-state index is -1.31. The van der Waals surface area contributed by atoms with Gasteiger partial charge in [-0.2, -0.15) is 10.5 Å². The second kappa shape index (κ2) is 6.47. The number of rotatable bonds is 4. The van der Waals surface area contributed by atoms with Crippen LogP contribution in [0, 0.1) is 22.7 Å². The molecule has 0 saturated heterocycles. The first-order chi connectivity index (χ1) is 10.2. The molecule has 2 aromatic carbocycles. The highest BCUT2D eigenvalue weighted by Crippen LogP contribution is 2.25. The Morgan fingerprint density at radius 3 is 2.14 bits per heavy atom. The SMILES string of the molecule is N#CC(C#N)c1ccccc1C(=O)C(O)c1ccccc1. The molecule has 0 aromatic heterocycles. The molecule has 4 nitrogen and oxygen atoms in total. The highest BCUT2D eigenvalue weighted by Gasteiger charge is 2.24. The number of nitrogens with zero attached hydrogens (tertiary/aromatic N) is 2. The lowest BCUT2D eigenvalue weighted by atomic mass is 9.90. The van der Waals surface area contributed by atoms with E-state index in [0.717, 1.165) is 0 Å². The summed E-state index contributed by atoms with van der Waals surface area (Å²) < 4.78 is 0. The molecule has 102 valence electrons. The summed E-state index contributed by atoms with van der Waals surface area (Å²) >= 11 is 0. The van der Waals surface area contributed by atoms with Crippen molar-refractivity contribution in [1.82, 2.24) is 0 Å². The van der Waals surface area contributed by atoms with E-state index in [1.54, 1.807) is 48.5 Å². The third-order valence-electron chi connectivity index (χ3n) is 3.16. The molecule has 0 aliphatic carbocycles.